The number of nitrogens with zero attached hydrogens (tertiary/aromatic N) is 2. The molecule has 1 N–H and O–H groups in total. The van der Waals surface area contributed by atoms with Crippen molar-refractivity contribution in [2.75, 3.05) is 19.0 Å². The summed E-state index contributed by atoms with van der Waals surface area (Å²) < 4.78 is 12.7. The van der Waals surface area contributed by atoms with Gasteiger partial charge >= 0.3 is 0 Å². The predicted octanol–water partition coefficient (Wildman–Crippen LogP) is 6.52. The average Bonchev–Trinajstić information content (AvgIpc) is 2.75. The highest BCUT2D eigenvalue weighted by atomic mass is 28.4. The van der Waals surface area contributed by atoms with Crippen molar-refractivity contribution >= 4 is 25.0 Å². The number of fused-ring (bicyclic) bond motifs is 1. The molecule has 0 saturated heterocycles. The number of nitrogens with one attached hydrogen (secondary N) is 1. The summed E-state index contributed by atoms with van der Waals surface area (Å²) in [5.41, 5.74) is 2.84. The third-order valence-corrected chi connectivity index (χ3v) is 10.7. The fraction of sp³-hybridized carbons (Fsp3) is 0.440. The highest BCUT2D eigenvalue weighted by molar-refractivity contribution is 6.74. The molecule has 0 saturated carbocycles. The molecule has 0 radical (unpaired) electrons. The van der Waals surface area contributed by atoms with E-state index in [1.165, 1.54) is 0 Å². The summed E-state index contributed by atoms with van der Waals surface area (Å²) in [4.78, 5) is 9.17. The van der Waals surface area contributed by atoms with E-state index in [0.717, 1.165) is 40.1 Å². The van der Waals surface area contributed by atoms with Gasteiger partial charge in [0, 0.05) is 24.2 Å². The number of pyridine rings is 2. The van der Waals surface area contributed by atoms with Crippen LogP contribution < -0.4 is 10.1 Å². The Labute approximate surface area is 187 Å². The first-order chi connectivity index (χ1) is 14.6. The van der Waals surface area contributed by atoms with Crippen LogP contribution in [0.3, 0.4) is 0 Å². The van der Waals surface area contributed by atoms with Gasteiger partial charge in [-0.3, -0.25) is 0 Å². The van der Waals surface area contributed by atoms with E-state index in [1.807, 2.05) is 49.6 Å². The van der Waals surface area contributed by atoms with Gasteiger partial charge in [0.25, 0.3) is 0 Å². The Bertz CT molecular complexity index is 1010. The Morgan fingerprint density at radius 3 is 2.45 bits per heavy atom. The maximum atomic E-state index is 6.53. The fourth-order valence-electron chi connectivity index (χ4n) is 3.07. The standard InChI is InChI=1S/C25H35N3O2Si/c1-8-20(30-31(6,7)25(2,3)4)17-29-21-11-13-22-18(15-21)9-12-23(28-22)19-10-14-24(26-5)27-16-19/h9-16,20H,8,17H2,1-7H3,(H,26,27). The van der Waals surface area contributed by atoms with Gasteiger partial charge in [-0.05, 0) is 61.0 Å². The lowest BCUT2D eigenvalue weighted by atomic mass is 10.1. The Kier molecular flexibility index (Phi) is 7.02. The van der Waals surface area contributed by atoms with Gasteiger partial charge in [-0.25, -0.2) is 9.97 Å². The first-order valence-corrected chi connectivity index (χ1v) is 13.9. The minimum Gasteiger partial charge on any atom is -0.491 e. The zero-order chi connectivity index (χ0) is 22.6. The predicted molar refractivity (Wildman–Crippen MR) is 132 cm³/mol. The lowest BCUT2D eigenvalue weighted by Crippen LogP contribution is -2.45. The fourth-order valence-corrected chi connectivity index (χ4v) is 4.49. The summed E-state index contributed by atoms with van der Waals surface area (Å²) >= 11 is 0. The van der Waals surface area contributed by atoms with Crippen LogP contribution in [0.4, 0.5) is 5.82 Å². The normalized spacial score (nSPS) is 13.3. The van der Waals surface area contributed by atoms with Crippen LogP contribution >= 0.6 is 0 Å². The van der Waals surface area contributed by atoms with Gasteiger partial charge in [0.15, 0.2) is 8.32 Å². The smallest absolute Gasteiger partial charge is 0.192 e. The molecule has 0 bridgehead atoms. The summed E-state index contributed by atoms with van der Waals surface area (Å²) in [5.74, 6) is 1.69. The average molecular weight is 438 g/mol. The number of hydrogen-bond donors (Lipinski definition) is 1. The maximum absolute atomic E-state index is 6.53. The quantitative estimate of drug-likeness (QED) is 0.407. The van der Waals surface area contributed by atoms with Gasteiger partial charge in [0.1, 0.15) is 18.2 Å². The number of hydrogen-bond acceptors (Lipinski definition) is 5. The second kappa shape index (κ2) is 9.36. The molecule has 3 rings (SSSR count). The summed E-state index contributed by atoms with van der Waals surface area (Å²) in [5, 5.41) is 4.28. The number of aromatic nitrogens is 2. The third-order valence-electron chi connectivity index (χ3n) is 6.13. The molecular formula is C25H35N3O2Si. The number of benzene rings is 1. The Balaban J connectivity index is 1.70. The Hall–Kier alpha value is -2.44. The van der Waals surface area contributed by atoms with Gasteiger partial charge in [0.05, 0.1) is 17.3 Å². The summed E-state index contributed by atoms with van der Waals surface area (Å²) in [6.07, 6.45) is 2.88. The van der Waals surface area contributed by atoms with Crippen molar-refractivity contribution < 1.29 is 9.16 Å². The van der Waals surface area contributed by atoms with Crippen LogP contribution in [0.5, 0.6) is 5.75 Å². The van der Waals surface area contributed by atoms with E-state index in [9.17, 15) is 0 Å². The summed E-state index contributed by atoms with van der Waals surface area (Å²) in [6.45, 7) is 14.1. The minimum absolute atomic E-state index is 0.102. The molecule has 1 unspecified atom stereocenters. The highest BCUT2D eigenvalue weighted by Crippen LogP contribution is 2.37. The molecule has 31 heavy (non-hydrogen) atoms. The molecule has 0 aliphatic rings. The van der Waals surface area contributed by atoms with Crippen molar-refractivity contribution in [3.63, 3.8) is 0 Å². The van der Waals surface area contributed by atoms with Gasteiger partial charge in [-0.15, -0.1) is 0 Å². The molecule has 2 aromatic heterocycles. The molecule has 6 heteroatoms. The second-order valence-corrected chi connectivity index (χ2v) is 14.2. The van der Waals surface area contributed by atoms with E-state index >= 15 is 0 Å². The molecule has 0 amide bonds. The van der Waals surface area contributed by atoms with Crippen molar-refractivity contribution in [3.8, 4) is 17.0 Å². The van der Waals surface area contributed by atoms with E-state index in [4.69, 9.17) is 14.1 Å². The van der Waals surface area contributed by atoms with Crippen LogP contribution in [-0.4, -0.2) is 38.0 Å². The first kappa shape index (κ1) is 23.2. The number of ether oxygens (including phenoxy) is 1. The maximum Gasteiger partial charge on any atom is 0.192 e. The van der Waals surface area contributed by atoms with E-state index in [0.29, 0.717) is 6.61 Å². The second-order valence-electron chi connectivity index (χ2n) is 9.45. The van der Waals surface area contributed by atoms with Crippen LogP contribution in [-0.2, 0) is 4.43 Å². The SMILES string of the molecule is CCC(COc1ccc2nc(-c3ccc(NC)nc3)ccc2c1)O[Si](C)(C)C(C)(C)C. The molecule has 0 fully saturated rings. The highest BCUT2D eigenvalue weighted by Gasteiger charge is 2.38. The van der Waals surface area contributed by atoms with Crippen LogP contribution in [0.2, 0.25) is 18.1 Å². The largest absolute Gasteiger partial charge is 0.491 e. The molecule has 2 heterocycles. The zero-order valence-corrected chi connectivity index (χ0v) is 20.8. The molecular weight excluding hydrogens is 402 g/mol. The monoisotopic (exact) mass is 437 g/mol. The third kappa shape index (κ3) is 5.63. The van der Waals surface area contributed by atoms with Crippen molar-refractivity contribution in [3.05, 3.63) is 48.7 Å². The van der Waals surface area contributed by atoms with E-state index < -0.39 is 8.32 Å². The van der Waals surface area contributed by atoms with Crippen molar-refractivity contribution in [2.45, 2.75) is 58.4 Å². The van der Waals surface area contributed by atoms with Crippen LogP contribution in [0.1, 0.15) is 34.1 Å². The topological polar surface area (TPSA) is 56.3 Å². The van der Waals surface area contributed by atoms with E-state index in [2.05, 4.69) is 57.2 Å². The summed E-state index contributed by atoms with van der Waals surface area (Å²) in [7, 11) is 0.0447. The summed E-state index contributed by atoms with van der Waals surface area (Å²) in [6, 6.07) is 14.1. The molecule has 5 nitrogen and oxygen atoms in total. The molecule has 0 aliphatic carbocycles. The first-order valence-electron chi connectivity index (χ1n) is 11.0. The molecule has 1 atom stereocenters. The van der Waals surface area contributed by atoms with Crippen LogP contribution in [0, 0.1) is 0 Å². The number of rotatable bonds is 8. The van der Waals surface area contributed by atoms with Crippen LogP contribution in [0.25, 0.3) is 22.2 Å². The van der Waals surface area contributed by atoms with E-state index in [-0.39, 0.29) is 11.1 Å². The molecule has 0 spiro atoms. The van der Waals surface area contributed by atoms with Gasteiger partial charge in [0.2, 0.25) is 0 Å². The van der Waals surface area contributed by atoms with Crippen LogP contribution in [0.15, 0.2) is 48.7 Å². The lowest BCUT2D eigenvalue weighted by Gasteiger charge is -2.39. The molecule has 0 aliphatic heterocycles. The Morgan fingerprint density at radius 1 is 1.06 bits per heavy atom. The van der Waals surface area contributed by atoms with Crippen molar-refractivity contribution in [1.29, 1.82) is 0 Å². The van der Waals surface area contributed by atoms with Gasteiger partial charge in [-0.2, -0.15) is 0 Å². The van der Waals surface area contributed by atoms with Crippen molar-refractivity contribution in [2.24, 2.45) is 0 Å². The number of anilines is 1. The minimum atomic E-state index is -1.81. The van der Waals surface area contributed by atoms with Gasteiger partial charge in [-0.1, -0.05) is 33.8 Å². The lowest BCUT2D eigenvalue weighted by molar-refractivity contribution is 0.112. The molecule has 1 aromatic carbocycles. The van der Waals surface area contributed by atoms with Gasteiger partial charge < -0.3 is 14.5 Å². The van der Waals surface area contributed by atoms with E-state index in [1.54, 1.807) is 0 Å². The Morgan fingerprint density at radius 2 is 1.84 bits per heavy atom. The molecule has 3 aromatic rings. The van der Waals surface area contributed by atoms with Crippen molar-refractivity contribution in [1.82, 2.24) is 9.97 Å². The molecule has 166 valence electrons. The zero-order valence-electron chi connectivity index (χ0n) is 19.8.